The van der Waals surface area contributed by atoms with Crippen LogP contribution in [0.15, 0.2) is 29.8 Å². The van der Waals surface area contributed by atoms with Crippen LogP contribution in [0.25, 0.3) is 0 Å². The van der Waals surface area contributed by atoms with Gasteiger partial charge >= 0.3 is 6.03 Å². The van der Waals surface area contributed by atoms with Crippen LogP contribution in [0.1, 0.15) is 11.1 Å². The number of aromatic nitrogens is 1. The summed E-state index contributed by atoms with van der Waals surface area (Å²) in [4.78, 5) is 23.8. The molecule has 0 fully saturated rings. The first-order valence-electron chi connectivity index (χ1n) is 6.32. The summed E-state index contributed by atoms with van der Waals surface area (Å²) in [6.45, 7) is 3.80. The van der Waals surface area contributed by atoms with E-state index in [2.05, 4.69) is 10.6 Å². The second-order valence-corrected chi connectivity index (χ2v) is 5.55. The van der Waals surface area contributed by atoms with Gasteiger partial charge < -0.3 is 9.88 Å². The average Bonchev–Trinajstić information content (AvgIpc) is 2.78. The number of aryl methyl sites for hydroxylation is 2. The predicted molar refractivity (Wildman–Crippen MR) is 81.2 cm³/mol. The summed E-state index contributed by atoms with van der Waals surface area (Å²) in [5, 5.41) is 14.2. The second kappa shape index (κ2) is 6.36. The fourth-order valence-electron chi connectivity index (χ4n) is 1.86. The monoisotopic (exact) mass is 304 g/mol. The number of amides is 3. The standard InChI is InChI=1S/C14H16N4O2S/c1-9-3-4-11(10(2)7-9)16-14(20)17-12(19)8-18-5-6-21-13(18)15/h3-7,15H,8H2,1-2H3,(H2,16,17,19,20). The minimum atomic E-state index is -0.575. The van der Waals surface area contributed by atoms with Crippen molar-refractivity contribution in [2.75, 3.05) is 5.32 Å². The highest BCUT2D eigenvalue weighted by molar-refractivity contribution is 7.06. The molecule has 1 heterocycles. The maximum Gasteiger partial charge on any atom is 0.325 e. The van der Waals surface area contributed by atoms with E-state index in [-0.39, 0.29) is 11.3 Å². The Morgan fingerprint density at radius 1 is 1.33 bits per heavy atom. The fraction of sp³-hybridized carbons (Fsp3) is 0.214. The molecule has 0 radical (unpaired) electrons. The number of carbonyl (C=O) groups is 2. The van der Waals surface area contributed by atoms with E-state index in [1.807, 2.05) is 26.0 Å². The van der Waals surface area contributed by atoms with Gasteiger partial charge in [0.05, 0.1) is 0 Å². The van der Waals surface area contributed by atoms with Gasteiger partial charge in [0, 0.05) is 17.3 Å². The normalized spacial score (nSPS) is 10.2. The van der Waals surface area contributed by atoms with Crippen molar-refractivity contribution >= 4 is 29.0 Å². The number of thiazole rings is 1. The van der Waals surface area contributed by atoms with E-state index >= 15 is 0 Å². The first kappa shape index (κ1) is 15.0. The molecule has 0 saturated carbocycles. The van der Waals surface area contributed by atoms with E-state index in [0.717, 1.165) is 11.1 Å². The minimum Gasteiger partial charge on any atom is -0.315 e. The lowest BCUT2D eigenvalue weighted by Crippen LogP contribution is -2.37. The number of imide groups is 1. The lowest BCUT2D eigenvalue weighted by atomic mass is 10.1. The predicted octanol–water partition coefficient (Wildman–Crippen LogP) is 1.99. The fourth-order valence-corrected chi connectivity index (χ4v) is 2.45. The Balaban J connectivity index is 1.94. The number of anilines is 1. The van der Waals surface area contributed by atoms with Gasteiger partial charge in [-0.1, -0.05) is 17.7 Å². The first-order valence-corrected chi connectivity index (χ1v) is 7.20. The molecule has 2 aromatic rings. The zero-order chi connectivity index (χ0) is 15.4. The van der Waals surface area contributed by atoms with Gasteiger partial charge in [0.25, 0.3) is 0 Å². The number of carbonyl (C=O) groups excluding carboxylic acids is 2. The van der Waals surface area contributed by atoms with Crippen molar-refractivity contribution in [2.24, 2.45) is 0 Å². The van der Waals surface area contributed by atoms with Crippen molar-refractivity contribution in [3.63, 3.8) is 0 Å². The maximum absolute atomic E-state index is 11.8. The van der Waals surface area contributed by atoms with Crippen molar-refractivity contribution in [2.45, 2.75) is 20.4 Å². The third kappa shape index (κ3) is 4.03. The summed E-state index contributed by atoms with van der Waals surface area (Å²) in [7, 11) is 0. The summed E-state index contributed by atoms with van der Waals surface area (Å²) in [5.41, 5.74) is 2.69. The van der Waals surface area contributed by atoms with Crippen LogP contribution < -0.4 is 15.4 Å². The second-order valence-electron chi connectivity index (χ2n) is 4.66. The zero-order valence-corrected chi connectivity index (χ0v) is 12.6. The number of nitrogens with zero attached hydrogens (tertiary/aromatic N) is 1. The third-order valence-corrected chi connectivity index (χ3v) is 3.59. The zero-order valence-electron chi connectivity index (χ0n) is 11.8. The van der Waals surface area contributed by atoms with E-state index in [4.69, 9.17) is 5.41 Å². The lowest BCUT2D eigenvalue weighted by Gasteiger charge is -2.10. The molecule has 1 aromatic carbocycles. The number of benzene rings is 1. The van der Waals surface area contributed by atoms with Gasteiger partial charge in [-0.3, -0.25) is 15.5 Å². The Kier molecular flexibility index (Phi) is 4.54. The molecule has 0 bridgehead atoms. The van der Waals surface area contributed by atoms with Crippen LogP contribution in [0.5, 0.6) is 0 Å². The topological polar surface area (TPSA) is 87.0 Å². The van der Waals surface area contributed by atoms with E-state index in [1.54, 1.807) is 17.6 Å². The number of urea groups is 1. The van der Waals surface area contributed by atoms with Crippen LogP contribution in [-0.4, -0.2) is 16.5 Å². The van der Waals surface area contributed by atoms with Gasteiger partial charge in [-0.25, -0.2) is 4.79 Å². The highest BCUT2D eigenvalue weighted by atomic mass is 32.1. The minimum absolute atomic E-state index is 0.0529. The van der Waals surface area contributed by atoms with Gasteiger partial charge in [0.1, 0.15) is 6.54 Å². The van der Waals surface area contributed by atoms with Crippen LogP contribution >= 0.6 is 11.3 Å². The summed E-state index contributed by atoms with van der Waals surface area (Å²) < 4.78 is 1.46. The first-order chi connectivity index (χ1) is 9.95. The van der Waals surface area contributed by atoms with Crippen LogP contribution in [0.4, 0.5) is 10.5 Å². The van der Waals surface area contributed by atoms with Crippen LogP contribution in [0, 0.1) is 19.3 Å². The smallest absolute Gasteiger partial charge is 0.315 e. The molecule has 3 amide bonds. The summed E-state index contributed by atoms with van der Waals surface area (Å²) in [6, 6.07) is 5.06. The molecule has 6 nitrogen and oxygen atoms in total. The molecule has 0 saturated heterocycles. The van der Waals surface area contributed by atoms with Gasteiger partial charge in [-0.05, 0) is 25.5 Å². The molecule has 0 aliphatic carbocycles. The van der Waals surface area contributed by atoms with E-state index in [9.17, 15) is 9.59 Å². The summed E-state index contributed by atoms with van der Waals surface area (Å²) in [5.74, 6) is -0.464. The molecule has 0 unspecified atom stereocenters. The van der Waals surface area contributed by atoms with Gasteiger partial charge in [0.15, 0.2) is 4.80 Å². The van der Waals surface area contributed by atoms with Crippen LogP contribution in [0.2, 0.25) is 0 Å². The SMILES string of the molecule is Cc1ccc(NC(=O)NC(=O)Cn2ccsc2=N)c(C)c1. The Bertz CT molecular complexity index is 733. The molecular weight excluding hydrogens is 288 g/mol. The third-order valence-electron chi connectivity index (χ3n) is 2.88. The summed E-state index contributed by atoms with van der Waals surface area (Å²) >= 11 is 1.22. The van der Waals surface area contributed by atoms with Gasteiger partial charge in [-0.15, -0.1) is 11.3 Å². The molecule has 0 spiro atoms. The Labute approximate surface area is 125 Å². The molecular formula is C14H16N4O2S. The van der Waals surface area contributed by atoms with Crippen molar-refractivity contribution in [1.82, 2.24) is 9.88 Å². The Morgan fingerprint density at radius 2 is 2.10 bits per heavy atom. The quantitative estimate of drug-likeness (QED) is 0.810. The van der Waals surface area contributed by atoms with Gasteiger partial charge in [0.2, 0.25) is 5.91 Å². The lowest BCUT2D eigenvalue weighted by molar-refractivity contribution is -0.120. The largest absolute Gasteiger partial charge is 0.325 e. The number of rotatable bonds is 3. The Morgan fingerprint density at radius 3 is 2.71 bits per heavy atom. The van der Waals surface area contributed by atoms with Crippen molar-refractivity contribution in [1.29, 1.82) is 5.41 Å². The number of hydrogen-bond acceptors (Lipinski definition) is 4. The Hall–Kier alpha value is -2.41. The van der Waals surface area contributed by atoms with Gasteiger partial charge in [-0.2, -0.15) is 0 Å². The number of hydrogen-bond donors (Lipinski definition) is 3. The molecule has 110 valence electrons. The highest BCUT2D eigenvalue weighted by Gasteiger charge is 2.10. The van der Waals surface area contributed by atoms with E-state index < -0.39 is 11.9 Å². The molecule has 1 aromatic heterocycles. The molecule has 7 heteroatoms. The molecule has 2 rings (SSSR count). The molecule has 21 heavy (non-hydrogen) atoms. The van der Waals surface area contributed by atoms with Crippen LogP contribution in [-0.2, 0) is 11.3 Å². The number of nitrogens with one attached hydrogen (secondary N) is 3. The molecule has 0 aliphatic rings. The molecule has 3 N–H and O–H groups in total. The molecule has 0 atom stereocenters. The van der Waals surface area contributed by atoms with E-state index in [1.165, 1.54) is 15.9 Å². The molecule has 0 aliphatic heterocycles. The van der Waals surface area contributed by atoms with Crippen molar-refractivity contribution in [3.05, 3.63) is 45.7 Å². The van der Waals surface area contributed by atoms with Crippen molar-refractivity contribution < 1.29 is 9.59 Å². The summed E-state index contributed by atoms with van der Waals surface area (Å²) in [6.07, 6.45) is 1.63. The van der Waals surface area contributed by atoms with E-state index in [0.29, 0.717) is 5.69 Å². The highest BCUT2D eigenvalue weighted by Crippen LogP contribution is 2.15. The van der Waals surface area contributed by atoms with Crippen molar-refractivity contribution in [3.8, 4) is 0 Å². The van der Waals surface area contributed by atoms with Crippen LogP contribution in [0.3, 0.4) is 0 Å². The average molecular weight is 304 g/mol. The maximum atomic E-state index is 11.8.